The maximum Gasteiger partial charge on any atom is 0.310 e. The molecule has 4 rings (SSSR count). The molecule has 0 fully saturated rings. The summed E-state index contributed by atoms with van der Waals surface area (Å²) in [6.07, 6.45) is -0.276. The number of esters is 1. The molecule has 3 aromatic rings. The van der Waals surface area contributed by atoms with Gasteiger partial charge in [0, 0.05) is 23.2 Å². The molecule has 0 aromatic heterocycles. The summed E-state index contributed by atoms with van der Waals surface area (Å²) in [6.45, 7) is 0. The number of amides is 1. The van der Waals surface area contributed by atoms with E-state index in [0.717, 1.165) is 16.9 Å². The molecule has 8 heteroatoms. The summed E-state index contributed by atoms with van der Waals surface area (Å²) in [4.78, 5) is 31.1. The Morgan fingerprint density at radius 3 is 2.54 bits per heavy atom. The minimum absolute atomic E-state index is 0.0438. The Morgan fingerprint density at radius 1 is 1.06 bits per heavy atom. The summed E-state index contributed by atoms with van der Waals surface area (Å²) < 4.78 is 10.2. The molecule has 0 radical (unpaired) electrons. The molecule has 1 unspecified atom stereocenters. The molecule has 8 nitrogen and oxygen atoms in total. The topological polar surface area (TPSA) is 110 Å². The van der Waals surface area contributed by atoms with Crippen molar-refractivity contribution >= 4 is 23.3 Å². The second kappa shape index (κ2) is 10.1. The number of rotatable bonds is 7. The lowest BCUT2D eigenvalue weighted by molar-refractivity contribution is -0.155. The molecular weight excluding hydrogens is 446 g/mol. The first kappa shape index (κ1) is 23.5. The van der Waals surface area contributed by atoms with Crippen LogP contribution < -0.4 is 10.1 Å². The summed E-state index contributed by atoms with van der Waals surface area (Å²) in [6, 6.07) is 23.8. The van der Waals surface area contributed by atoms with Crippen molar-refractivity contribution < 1.29 is 23.9 Å². The average molecular weight is 469 g/mol. The molecule has 3 aromatic carbocycles. The highest BCUT2D eigenvalue weighted by Gasteiger charge is 2.49. The van der Waals surface area contributed by atoms with Crippen LogP contribution in [-0.2, 0) is 19.2 Å². The maximum atomic E-state index is 13.4. The number of carbonyl (C=O) groups excluding carboxylic acids is 2. The normalized spacial score (nSPS) is 16.4. The first-order valence-electron chi connectivity index (χ1n) is 10.9. The van der Waals surface area contributed by atoms with Gasteiger partial charge in [-0.05, 0) is 35.9 Å². The predicted octanol–water partition coefficient (Wildman–Crippen LogP) is 4.30. The molecule has 0 saturated carbocycles. The van der Waals surface area contributed by atoms with Gasteiger partial charge < -0.3 is 19.6 Å². The number of benzene rings is 3. The van der Waals surface area contributed by atoms with Crippen LogP contribution in [0.2, 0.25) is 0 Å². The fourth-order valence-corrected chi connectivity index (χ4v) is 3.86. The van der Waals surface area contributed by atoms with Gasteiger partial charge in [0.05, 0.1) is 38.0 Å². The lowest BCUT2D eigenvalue weighted by Gasteiger charge is -2.24. The monoisotopic (exact) mass is 469 g/mol. The molecule has 1 heterocycles. The smallest absolute Gasteiger partial charge is 0.310 e. The number of nitrogens with zero attached hydrogens (tertiary/aromatic N) is 2. The highest BCUT2D eigenvalue weighted by atomic mass is 16.7. The van der Waals surface area contributed by atoms with Crippen LogP contribution in [0.25, 0.3) is 11.1 Å². The van der Waals surface area contributed by atoms with Crippen LogP contribution in [0.1, 0.15) is 24.0 Å². The highest BCUT2D eigenvalue weighted by Crippen LogP contribution is 2.34. The van der Waals surface area contributed by atoms with Crippen molar-refractivity contribution in [2.24, 2.45) is 5.16 Å². The third-order valence-corrected chi connectivity index (χ3v) is 5.74. The van der Waals surface area contributed by atoms with Crippen LogP contribution in [0.4, 0.5) is 5.69 Å². The Bertz CT molecular complexity index is 1330. The van der Waals surface area contributed by atoms with Crippen LogP contribution >= 0.6 is 0 Å². The number of para-hydroxylation sites is 1. The zero-order chi connectivity index (χ0) is 24.8. The molecule has 1 atom stereocenters. The first-order valence-corrected chi connectivity index (χ1v) is 10.9. The number of anilines is 1. The van der Waals surface area contributed by atoms with Crippen LogP contribution in [0.15, 0.2) is 78.0 Å². The van der Waals surface area contributed by atoms with Gasteiger partial charge in [-0.25, -0.2) is 0 Å². The fourth-order valence-electron chi connectivity index (χ4n) is 3.86. The summed E-state index contributed by atoms with van der Waals surface area (Å²) in [5.74, 6) is -0.386. The Labute approximate surface area is 202 Å². The Hall–Kier alpha value is -4.64. The average Bonchev–Trinajstić information content (AvgIpc) is 3.34. The van der Waals surface area contributed by atoms with Gasteiger partial charge in [0.25, 0.3) is 5.91 Å². The van der Waals surface area contributed by atoms with E-state index in [-0.39, 0.29) is 12.8 Å². The molecule has 1 N–H and O–H groups in total. The van der Waals surface area contributed by atoms with Gasteiger partial charge in [-0.15, -0.1) is 0 Å². The van der Waals surface area contributed by atoms with E-state index in [4.69, 9.17) is 14.3 Å². The molecule has 0 spiro atoms. The zero-order valence-corrected chi connectivity index (χ0v) is 19.3. The number of nitrogens with one attached hydrogen (secondary N) is 1. The SMILES string of the molecule is COC(=O)CC1(C(=O)Nc2ccc(-c3ccccc3OC)cc2)CC(c2cccc(C#N)c2)=NO1. The Morgan fingerprint density at radius 2 is 1.83 bits per heavy atom. The van der Waals surface area contributed by atoms with Gasteiger partial charge in [-0.2, -0.15) is 5.26 Å². The van der Waals surface area contributed by atoms with E-state index in [1.807, 2.05) is 36.4 Å². The van der Waals surface area contributed by atoms with Gasteiger partial charge in [0.2, 0.25) is 5.60 Å². The van der Waals surface area contributed by atoms with E-state index in [1.165, 1.54) is 7.11 Å². The molecular formula is C27H23N3O5. The zero-order valence-electron chi connectivity index (χ0n) is 19.3. The molecule has 0 aliphatic carbocycles. The lowest BCUT2D eigenvalue weighted by atomic mass is 9.89. The highest BCUT2D eigenvalue weighted by molar-refractivity contribution is 6.09. The second-order valence-corrected chi connectivity index (χ2v) is 7.98. The largest absolute Gasteiger partial charge is 0.496 e. The summed E-state index contributed by atoms with van der Waals surface area (Å²) >= 11 is 0. The van der Waals surface area contributed by atoms with Crippen molar-refractivity contribution in [1.82, 2.24) is 0 Å². The minimum atomic E-state index is -1.58. The van der Waals surface area contributed by atoms with Crippen LogP contribution in [-0.4, -0.2) is 37.4 Å². The van der Waals surface area contributed by atoms with Crippen LogP contribution in [0.3, 0.4) is 0 Å². The Balaban J connectivity index is 1.55. The quantitative estimate of drug-likeness (QED) is 0.517. The van der Waals surface area contributed by atoms with Crippen molar-refractivity contribution in [2.45, 2.75) is 18.4 Å². The third-order valence-electron chi connectivity index (χ3n) is 5.74. The van der Waals surface area contributed by atoms with E-state index in [1.54, 1.807) is 43.5 Å². The first-order chi connectivity index (χ1) is 17.0. The second-order valence-electron chi connectivity index (χ2n) is 7.98. The van der Waals surface area contributed by atoms with Crippen molar-refractivity contribution in [3.8, 4) is 22.9 Å². The molecule has 1 aliphatic heterocycles. The third kappa shape index (κ3) is 4.99. The van der Waals surface area contributed by atoms with Gasteiger partial charge >= 0.3 is 5.97 Å². The van der Waals surface area contributed by atoms with E-state index in [0.29, 0.717) is 22.5 Å². The minimum Gasteiger partial charge on any atom is -0.496 e. The summed E-state index contributed by atoms with van der Waals surface area (Å²) in [5, 5.41) is 16.1. The van der Waals surface area contributed by atoms with Crippen LogP contribution in [0, 0.1) is 11.3 Å². The van der Waals surface area contributed by atoms with E-state index in [9.17, 15) is 14.9 Å². The van der Waals surface area contributed by atoms with E-state index >= 15 is 0 Å². The van der Waals surface area contributed by atoms with Gasteiger partial charge in [0.15, 0.2) is 0 Å². The number of hydrogen-bond donors (Lipinski definition) is 1. The number of methoxy groups -OCH3 is 2. The predicted molar refractivity (Wildman–Crippen MR) is 130 cm³/mol. The van der Waals surface area contributed by atoms with Gasteiger partial charge in [-0.1, -0.05) is 47.6 Å². The molecule has 0 bridgehead atoms. The van der Waals surface area contributed by atoms with Gasteiger partial charge in [0.1, 0.15) is 5.75 Å². The number of oxime groups is 1. The van der Waals surface area contributed by atoms with Crippen molar-refractivity contribution in [3.63, 3.8) is 0 Å². The number of nitriles is 1. The molecule has 1 amide bonds. The summed E-state index contributed by atoms with van der Waals surface area (Å²) in [5.41, 5.74) is 2.36. The van der Waals surface area contributed by atoms with Crippen LogP contribution in [0.5, 0.6) is 5.75 Å². The number of carbonyl (C=O) groups is 2. The van der Waals surface area contributed by atoms with Crippen molar-refractivity contribution in [2.75, 3.05) is 19.5 Å². The number of ether oxygens (including phenoxy) is 2. The molecule has 0 saturated heterocycles. The van der Waals surface area contributed by atoms with Crippen molar-refractivity contribution in [3.05, 3.63) is 83.9 Å². The summed E-state index contributed by atoms with van der Waals surface area (Å²) in [7, 11) is 2.86. The van der Waals surface area contributed by atoms with Crippen molar-refractivity contribution in [1.29, 1.82) is 5.26 Å². The molecule has 176 valence electrons. The van der Waals surface area contributed by atoms with E-state index < -0.39 is 17.5 Å². The maximum absolute atomic E-state index is 13.4. The van der Waals surface area contributed by atoms with E-state index in [2.05, 4.69) is 16.5 Å². The Kier molecular flexibility index (Phi) is 6.78. The molecule has 1 aliphatic rings. The number of hydrogen-bond acceptors (Lipinski definition) is 7. The standard InChI is InChI=1S/C27H23N3O5/c1-33-24-9-4-3-8-22(24)19-10-12-21(13-11-19)29-26(32)27(16-25(31)34-2)15-23(30-35-27)20-7-5-6-18(14-20)17-28/h3-14H,15-16H2,1-2H3,(H,29,32). The lowest BCUT2D eigenvalue weighted by Crippen LogP contribution is -2.45. The van der Waals surface area contributed by atoms with Gasteiger partial charge in [-0.3, -0.25) is 9.59 Å². The molecule has 35 heavy (non-hydrogen) atoms. The fraction of sp³-hybridized carbons (Fsp3) is 0.185.